The Balaban J connectivity index is 1.84. The van der Waals surface area contributed by atoms with Gasteiger partial charge < -0.3 is 5.32 Å². The molecule has 114 valence electrons. The predicted octanol–water partition coefficient (Wildman–Crippen LogP) is 3.06. The number of nitrogens with zero attached hydrogens (tertiary/aromatic N) is 3. The molecule has 1 N–H and O–H groups in total. The first-order valence-electron chi connectivity index (χ1n) is 7.18. The molecule has 0 saturated carbocycles. The van der Waals surface area contributed by atoms with Crippen molar-refractivity contribution in [2.24, 2.45) is 0 Å². The summed E-state index contributed by atoms with van der Waals surface area (Å²) in [6.45, 7) is 9.13. The van der Waals surface area contributed by atoms with E-state index in [9.17, 15) is 0 Å². The average molecular weight is 304 g/mol. The maximum atomic E-state index is 4.70. The Morgan fingerprint density at radius 3 is 2.57 bits per heavy atom. The summed E-state index contributed by atoms with van der Waals surface area (Å²) in [7, 11) is 2.12. The van der Waals surface area contributed by atoms with Crippen molar-refractivity contribution in [1.29, 1.82) is 0 Å². The standard InChI is InChI=1S/C16H24N4S/c1-16(2,3)18-9-15-19-14(12-21-15)11-20(4)10-13-5-7-17-8-6-13/h5-8,12,18H,9-11H2,1-4H3. The van der Waals surface area contributed by atoms with E-state index in [0.717, 1.165) is 30.3 Å². The molecule has 0 atom stereocenters. The normalized spacial score (nSPS) is 12.0. The lowest BCUT2D eigenvalue weighted by Gasteiger charge is -2.19. The van der Waals surface area contributed by atoms with Gasteiger partial charge in [-0.05, 0) is 45.5 Å². The van der Waals surface area contributed by atoms with Gasteiger partial charge in [0.2, 0.25) is 0 Å². The van der Waals surface area contributed by atoms with Crippen LogP contribution in [0, 0.1) is 0 Å². The lowest BCUT2D eigenvalue weighted by Crippen LogP contribution is -2.35. The summed E-state index contributed by atoms with van der Waals surface area (Å²) < 4.78 is 0. The smallest absolute Gasteiger partial charge is 0.107 e. The molecule has 0 aliphatic carbocycles. The Hall–Kier alpha value is -1.30. The highest BCUT2D eigenvalue weighted by atomic mass is 32.1. The van der Waals surface area contributed by atoms with E-state index in [0.29, 0.717) is 0 Å². The fourth-order valence-electron chi connectivity index (χ4n) is 1.98. The lowest BCUT2D eigenvalue weighted by molar-refractivity contribution is 0.315. The van der Waals surface area contributed by atoms with E-state index in [1.54, 1.807) is 11.3 Å². The van der Waals surface area contributed by atoms with Crippen molar-refractivity contribution in [3.05, 3.63) is 46.2 Å². The molecular formula is C16H24N4S. The van der Waals surface area contributed by atoms with Gasteiger partial charge in [0.05, 0.1) is 5.69 Å². The van der Waals surface area contributed by atoms with E-state index in [1.165, 1.54) is 5.56 Å². The molecule has 2 aromatic rings. The van der Waals surface area contributed by atoms with Crippen LogP contribution in [0.3, 0.4) is 0 Å². The fraction of sp³-hybridized carbons (Fsp3) is 0.500. The minimum Gasteiger partial charge on any atom is -0.306 e. The Bertz CT molecular complexity index is 545. The van der Waals surface area contributed by atoms with Crippen molar-refractivity contribution in [1.82, 2.24) is 20.2 Å². The third-order valence-corrected chi connectivity index (χ3v) is 3.90. The molecule has 0 saturated heterocycles. The molecule has 2 heterocycles. The predicted molar refractivity (Wildman–Crippen MR) is 88.1 cm³/mol. The quantitative estimate of drug-likeness (QED) is 0.890. The summed E-state index contributed by atoms with van der Waals surface area (Å²) in [6, 6.07) is 4.10. The van der Waals surface area contributed by atoms with E-state index < -0.39 is 0 Å². The molecule has 0 fully saturated rings. The fourth-order valence-corrected chi connectivity index (χ4v) is 2.70. The van der Waals surface area contributed by atoms with Gasteiger partial charge in [-0.3, -0.25) is 9.88 Å². The van der Waals surface area contributed by atoms with Crippen LogP contribution in [0.25, 0.3) is 0 Å². The van der Waals surface area contributed by atoms with E-state index in [4.69, 9.17) is 4.98 Å². The Labute approximate surface area is 131 Å². The number of rotatable bonds is 6. The van der Waals surface area contributed by atoms with Gasteiger partial charge in [0, 0.05) is 42.9 Å². The summed E-state index contributed by atoms with van der Waals surface area (Å²) in [6.07, 6.45) is 3.67. The van der Waals surface area contributed by atoms with Crippen molar-refractivity contribution in [2.75, 3.05) is 7.05 Å². The summed E-state index contributed by atoms with van der Waals surface area (Å²) in [4.78, 5) is 11.0. The first-order valence-corrected chi connectivity index (χ1v) is 8.06. The van der Waals surface area contributed by atoms with Crippen molar-refractivity contribution >= 4 is 11.3 Å². The number of nitrogens with one attached hydrogen (secondary N) is 1. The van der Waals surface area contributed by atoms with Crippen molar-refractivity contribution in [3.63, 3.8) is 0 Å². The maximum absolute atomic E-state index is 4.70. The molecule has 0 bridgehead atoms. The van der Waals surface area contributed by atoms with Gasteiger partial charge in [-0.2, -0.15) is 0 Å². The van der Waals surface area contributed by atoms with Crippen LogP contribution in [-0.4, -0.2) is 27.5 Å². The van der Waals surface area contributed by atoms with E-state index in [-0.39, 0.29) is 5.54 Å². The molecule has 5 heteroatoms. The largest absolute Gasteiger partial charge is 0.306 e. The number of aromatic nitrogens is 2. The van der Waals surface area contributed by atoms with E-state index in [2.05, 4.69) is 60.5 Å². The summed E-state index contributed by atoms with van der Waals surface area (Å²) in [5, 5.41) is 6.78. The average Bonchev–Trinajstić information content (AvgIpc) is 2.84. The van der Waals surface area contributed by atoms with Gasteiger partial charge in [-0.1, -0.05) is 0 Å². The zero-order valence-corrected chi connectivity index (χ0v) is 14.1. The highest BCUT2D eigenvalue weighted by Gasteiger charge is 2.11. The van der Waals surface area contributed by atoms with Gasteiger partial charge in [0.15, 0.2) is 0 Å². The van der Waals surface area contributed by atoms with Crippen LogP contribution in [0.1, 0.15) is 37.0 Å². The monoisotopic (exact) mass is 304 g/mol. The molecule has 0 spiro atoms. The Morgan fingerprint density at radius 2 is 1.90 bits per heavy atom. The van der Waals surface area contributed by atoms with Crippen LogP contribution in [-0.2, 0) is 19.6 Å². The zero-order chi connectivity index (χ0) is 15.3. The van der Waals surface area contributed by atoms with Crippen molar-refractivity contribution < 1.29 is 0 Å². The van der Waals surface area contributed by atoms with E-state index >= 15 is 0 Å². The van der Waals surface area contributed by atoms with Gasteiger partial charge in [-0.15, -0.1) is 11.3 Å². The first kappa shape index (κ1) is 16.1. The SMILES string of the molecule is CN(Cc1ccncc1)Cc1csc(CNC(C)(C)C)n1. The van der Waals surface area contributed by atoms with Crippen LogP contribution >= 0.6 is 11.3 Å². The minimum absolute atomic E-state index is 0.129. The number of thiazole rings is 1. The molecule has 0 unspecified atom stereocenters. The molecule has 2 aromatic heterocycles. The third-order valence-electron chi connectivity index (χ3n) is 3.00. The van der Waals surface area contributed by atoms with Crippen LogP contribution in [0.15, 0.2) is 29.9 Å². The maximum Gasteiger partial charge on any atom is 0.107 e. The Morgan fingerprint density at radius 1 is 1.19 bits per heavy atom. The van der Waals surface area contributed by atoms with Crippen LogP contribution in [0.2, 0.25) is 0 Å². The van der Waals surface area contributed by atoms with Crippen LogP contribution < -0.4 is 5.32 Å². The van der Waals surface area contributed by atoms with Crippen LogP contribution in [0.4, 0.5) is 0 Å². The number of hydrogen-bond donors (Lipinski definition) is 1. The molecule has 0 aliphatic heterocycles. The van der Waals surface area contributed by atoms with Gasteiger partial charge in [0.1, 0.15) is 5.01 Å². The molecule has 0 radical (unpaired) electrons. The second kappa shape index (κ2) is 7.11. The van der Waals surface area contributed by atoms with Crippen LogP contribution in [0.5, 0.6) is 0 Å². The lowest BCUT2D eigenvalue weighted by atomic mass is 10.1. The van der Waals surface area contributed by atoms with Gasteiger partial charge >= 0.3 is 0 Å². The van der Waals surface area contributed by atoms with E-state index in [1.807, 2.05) is 12.4 Å². The highest BCUT2D eigenvalue weighted by Crippen LogP contribution is 2.13. The minimum atomic E-state index is 0.129. The summed E-state index contributed by atoms with van der Waals surface area (Å²) >= 11 is 1.73. The third kappa shape index (κ3) is 5.91. The topological polar surface area (TPSA) is 41.1 Å². The molecule has 21 heavy (non-hydrogen) atoms. The molecule has 4 nitrogen and oxygen atoms in total. The molecule has 2 rings (SSSR count). The van der Waals surface area contributed by atoms with Gasteiger partial charge in [0.25, 0.3) is 0 Å². The first-order chi connectivity index (χ1) is 9.92. The molecule has 0 aromatic carbocycles. The van der Waals surface area contributed by atoms with Crippen molar-refractivity contribution in [3.8, 4) is 0 Å². The zero-order valence-electron chi connectivity index (χ0n) is 13.3. The summed E-state index contributed by atoms with van der Waals surface area (Å²) in [5.74, 6) is 0. The molecular weight excluding hydrogens is 280 g/mol. The highest BCUT2D eigenvalue weighted by molar-refractivity contribution is 7.09. The summed E-state index contributed by atoms with van der Waals surface area (Å²) in [5.41, 5.74) is 2.55. The molecule has 0 aliphatic rings. The number of hydrogen-bond acceptors (Lipinski definition) is 5. The Kier molecular flexibility index (Phi) is 5.45. The van der Waals surface area contributed by atoms with Gasteiger partial charge in [-0.25, -0.2) is 4.98 Å². The van der Waals surface area contributed by atoms with Crippen molar-refractivity contribution in [2.45, 2.75) is 45.9 Å². The second-order valence-electron chi connectivity index (χ2n) is 6.36. The second-order valence-corrected chi connectivity index (χ2v) is 7.31. The number of pyridine rings is 1. The molecule has 0 amide bonds.